The van der Waals surface area contributed by atoms with Crippen molar-refractivity contribution in [2.45, 2.75) is 44.7 Å². The molecule has 4 heterocycles. The number of hydrogen-bond acceptors (Lipinski definition) is 7. The molecule has 2 aliphatic heterocycles. The number of piperazine rings is 1. The van der Waals surface area contributed by atoms with Gasteiger partial charge in [0.25, 0.3) is 0 Å². The van der Waals surface area contributed by atoms with Crippen LogP contribution in [0.25, 0.3) is 32.9 Å². The monoisotopic (exact) mass is 567 g/mol. The van der Waals surface area contributed by atoms with Gasteiger partial charge < -0.3 is 19.9 Å². The molecule has 3 aliphatic rings. The van der Waals surface area contributed by atoms with Crippen LogP contribution >= 0.6 is 11.6 Å². The minimum atomic E-state index is -0.786. The number of halogens is 3. The molecular formula is C29H32ClF2N7O. The van der Waals surface area contributed by atoms with E-state index in [1.165, 1.54) is 12.3 Å². The molecule has 2 unspecified atom stereocenters. The summed E-state index contributed by atoms with van der Waals surface area (Å²) in [5.74, 6) is -1.01. The Balaban J connectivity index is 1.39. The SMILES string of the molecule is Cc1cc2[nH]ncc2c(-c2c(F)cc3c(N4CC5CCC(C4)N5)nc(OCC4(CN(C)C)CC4)nc3c2F)c1Cl. The van der Waals surface area contributed by atoms with Crippen molar-refractivity contribution >= 4 is 39.2 Å². The zero-order valence-electron chi connectivity index (χ0n) is 22.8. The third-order valence-electron chi connectivity index (χ3n) is 8.59. The normalized spacial score (nSPS) is 21.6. The van der Waals surface area contributed by atoms with Crippen LogP contribution in [0.15, 0.2) is 18.3 Å². The number of aromatic nitrogens is 4. The molecule has 1 aliphatic carbocycles. The first-order chi connectivity index (χ1) is 19.2. The van der Waals surface area contributed by atoms with Gasteiger partial charge in [-0.1, -0.05) is 11.6 Å². The molecule has 8 nitrogen and oxygen atoms in total. The standard InChI is InChI=1S/C29H32ClF2N7O/c1-15-8-21-19(10-33-37-21)22(24(15)30)23-20(31)9-18-26(25(23)32)35-28(40-14-29(6-7-29)13-38(2)3)36-27(18)39-11-16-4-5-17(12-39)34-16/h8-10,16-17,34H,4-7,11-14H2,1-3H3,(H,33,37). The molecule has 3 fully saturated rings. The van der Waals surface area contributed by atoms with E-state index in [4.69, 9.17) is 21.3 Å². The van der Waals surface area contributed by atoms with Crippen molar-refractivity contribution < 1.29 is 13.5 Å². The maximum Gasteiger partial charge on any atom is 0.319 e. The lowest BCUT2D eigenvalue weighted by molar-refractivity contribution is 0.183. The molecule has 0 radical (unpaired) electrons. The zero-order chi connectivity index (χ0) is 27.8. The highest BCUT2D eigenvalue weighted by Gasteiger charge is 2.44. The average molecular weight is 568 g/mol. The summed E-state index contributed by atoms with van der Waals surface area (Å²) >= 11 is 6.68. The summed E-state index contributed by atoms with van der Waals surface area (Å²) in [5, 5.41) is 11.7. The van der Waals surface area contributed by atoms with E-state index in [-0.39, 0.29) is 33.1 Å². The first-order valence-electron chi connectivity index (χ1n) is 13.8. The summed E-state index contributed by atoms with van der Waals surface area (Å²) in [6, 6.07) is 3.90. The van der Waals surface area contributed by atoms with E-state index in [9.17, 15) is 0 Å². The summed E-state index contributed by atoms with van der Waals surface area (Å²) in [6.07, 6.45) is 5.79. The molecule has 210 valence electrons. The second kappa shape index (κ2) is 9.49. The number of H-pyrrole nitrogens is 1. The van der Waals surface area contributed by atoms with E-state index in [1.54, 1.807) is 6.92 Å². The molecular weight excluding hydrogens is 536 g/mol. The quantitative estimate of drug-likeness (QED) is 0.322. The molecule has 2 aromatic carbocycles. The van der Waals surface area contributed by atoms with Crippen LogP contribution in [0, 0.1) is 24.0 Å². The van der Waals surface area contributed by atoms with Crippen LogP contribution in [0.5, 0.6) is 6.01 Å². The predicted molar refractivity (Wildman–Crippen MR) is 152 cm³/mol. The van der Waals surface area contributed by atoms with Crippen molar-refractivity contribution in [3.8, 4) is 17.1 Å². The van der Waals surface area contributed by atoms with E-state index in [2.05, 4.69) is 30.3 Å². The van der Waals surface area contributed by atoms with Gasteiger partial charge in [0.15, 0.2) is 5.82 Å². The number of fused-ring (bicyclic) bond motifs is 4. The van der Waals surface area contributed by atoms with Gasteiger partial charge in [-0.25, -0.2) is 8.78 Å². The molecule has 2 saturated heterocycles. The molecule has 2 bridgehead atoms. The van der Waals surface area contributed by atoms with E-state index in [1.807, 2.05) is 20.2 Å². The minimum absolute atomic E-state index is 0.0222. The number of hydrogen-bond donors (Lipinski definition) is 2. The number of aryl methyl sites for hydroxylation is 1. The molecule has 1 saturated carbocycles. The van der Waals surface area contributed by atoms with Gasteiger partial charge in [0.1, 0.15) is 17.2 Å². The Hall–Kier alpha value is -3.08. The van der Waals surface area contributed by atoms with Gasteiger partial charge in [-0.15, -0.1) is 0 Å². The maximum absolute atomic E-state index is 16.6. The second-order valence-corrected chi connectivity index (χ2v) is 12.4. The summed E-state index contributed by atoms with van der Waals surface area (Å²) < 4.78 is 38.8. The molecule has 2 N–H and O–H groups in total. The Morgan fingerprint density at radius 3 is 2.55 bits per heavy atom. The zero-order valence-corrected chi connectivity index (χ0v) is 23.6. The van der Waals surface area contributed by atoms with Crippen LogP contribution in [0.2, 0.25) is 5.02 Å². The van der Waals surface area contributed by atoms with Crippen LogP contribution in [-0.4, -0.2) is 77.5 Å². The van der Waals surface area contributed by atoms with E-state index in [0.29, 0.717) is 59.5 Å². The van der Waals surface area contributed by atoms with Crippen LogP contribution < -0.4 is 15.0 Å². The van der Waals surface area contributed by atoms with Crippen molar-refractivity contribution in [1.29, 1.82) is 0 Å². The third kappa shape index (κ3) is 4.37. The van der Waals surface area contributed by atoms with Gasteiger partial charge in [-0.3, -0.25) is 5.10 Å². The Morgan fingerprint density at radius 1 is 1.10 bits per heavy atom. The number of rotatable bonds is 7. The van der Waals surface area contributed by atoms with Gasteiger partial charge in [0, 0.05) is 53.5 Å². The van der Waals surface area contributed by atoms with Gasteiger partial charge in [-0.05, 0) is 64.4 Å². The van der Waals surface area contributed by atoms with Gasteiger partial charge in [0.2, 0.25) is 0 Å². The maximum atomic E-state index is 16.6. The minimum Gasteiger partial charge on any atom is -0.463 e. The largest absolute Gasteiger partial charge is 0.463 e. The molecule has 0 spiro atoms. The summed E-state index contributed by atoms with van der Waals surface area (Å²) in [4.78, 5) is 13.6. The van der Waals surface area contributed by atoms with Crippen molar-refractivity contribution in [2.24, 2.45) is 5.41 Å². The predicted octanol–water partition coefficient (Wildman–Crippen LogP) is 5.07. The Labute approximate surface area is 236 Å². The van der Waals surface area contributed by atoms with Gasteiger partial charge >= 0.3 is 6.01 Å². The number of benzene rings is 2. The lowest BCUT2D eigenvalue weighted by atomic mass is 9.96. The fourth-order valence-electron chi connectivity index (χ4n) is 6.52. The first-order valence-corrected chi connectivity index (χ1v) is 14.2. The lowest BCUT2D eigenvalue weighted by Crippen LogP contribution is -2.51. The van der Waals surface area contributed by atoms with E-state index >= 15 is 8.78 Å². The van der Waals surface area contributed by atoms with Crippen molar-refractivity contribution in [1.82, 2.24) is 30.4 Å². The molecule has 11 heteroatoms. The number of nitrogens with zero attached hydrogens (tertiary/aromatic N) is 5. The number of ether oxygens (including phenoxy) is 1. The highest BCUT2D eigenvalue weighted by atomic mass is 35.5. The van der Waals surface area contributed by atoms with Crippen LogP contribution in [0.1, 0.15) is 31.2 Å². The van der Waals surface area contributed by atoms with Gasteiger partial charge in [-0.2, -0.15) is 15.1 Å². The highest BCUT2D eigenvalue weighted by Crippen LogP contribution is 2.47. The summed E-state index contributed by atoms with van der Waals surface area (Å²) in [7, 11) is 4.09. The first kappa shape index (κ1) is 25.9. The molecule has 7 rings (SSSR count). The molecule has 0 amide bonds. The van der Waals surface area contributed by atoms with Crippen molar-refractivity contribution in [3.63, 3.8) is 0 Å². The summed E-state index contributed by atoms with van der Waals surface area (Å²) in [6.45, 7) is 4.55. The molecule has 2 atom stereocenters. The lowest BCUT2D eigenvalue weighted by Gasteiger charge is -2.34. The summed E-state index contributed by atoms with van der Waals surface area (Å²) in [5.41, 5.74) is 1.43. The molecule has 40 heavy (non-hydrogen) atoms. The van der Waals surface area contributed by atoms with Crippen LogP contribution in [-0.2, 0) is 0 Å². The number of anilines is 1. The fraction of sp³-hybridized carbons (Fsp3) is 0.483. The number of aromatic amines is 1. The topological polar surface area (TPSA) is 82.2 Å². The second-order valence-electron chi connectivity index (χ2n) is 12.1. The van der Waals surface area contributed by atoms with Crippen molar-refractivity contribution in [2.75, 3.05) is 45.2 Å². The van der Waals surface area contributed by atoms with Gasteiger partial charge in [0.05, 0.1) is 28.9 Å². The van der Waals surface area contributed by atoms with Crippen LogP contribution in [0.3, 0.4) is 0 Å². The molecule has 4 aromatic rings. The third-order valence-corrected chi connectivity index (χ3v) is 9.08. The smallest absolute Gasteiger partial charge is 0.319 e. The van der Waals surface area contributed by atoms with E-state index < -0.39 is 11.6 Å². The molecule has 2 aromatic heterocycles. The average Bonchev–Trinajstić information content (AvgIpc) is 3.36. The Morgan fingerprint density at radius 2 is 1.85 bits per heavy atom. The Kier molecular flexibility index (Phi) is 6.14. The van der Waals surface area contributed by atoms with Crippen LogP contribution in [0.4, 0.5) is 14.6 Å². The number of nitrogens with one attached hydrogen (secondary N) is 2. The van der Waals surface area contributed by atoms with Crippen molar-refractivity contribution in [3.05, 3.63) is 40.6 Å². The highest BCUT2D eigenvalue weighted by molar-refractivity contribution is 6.36. The Bertz CT molecular complexity index is 1620. The van der Waals surface area contributed by atoms with E-state index in [0.717, 1.165) is 32.2 Å². The fourth-order valence-corrected chi connectivity index (χ4v) is 6.77.